The number of nitrogens with two attached hydrogens (primary N) is 3. The topological polar surface area (TPSA) is 559 Å². The fraction of sp³-hybridized carbons (Fsp3) is 0.621. The number of carbonyl (C=O) groups excluding carboxylic acids is 13. The standard InChI is InChI=1S/C66H98N22O15S/c1-36-28-44(82-54(92)40(15-7-23-73-65(68)69)79-59(97)48-19-11-27-86(48)61(99)43(16-8-24-74-66(70)71)81-56(94)42-20-21-51(89)77-42)62(100)88(36)50-34-104-33-46(57(95)83-45(64(102)103)29-37-12-3-2-4-13-37)84-55(93)41-17-9-26-87(63(50)101)49(30-38-31-72-35-76-38)60(98)78-39(14-5-6-22-67)53(91)75-32-52(90)85-25-10-18-47(85)58(96)80-41/h2-4,12-13,31,35-36,39-50H,5-11,14-30,32-34,67H2,1H3,(H,72,76)(H,75,91)(H,77,89)(H,78,98)(H,79,97)(H,80,96)(H,81,94)(H,82,92)(H,83,95)(H,84,93)(H,102,103)(H4,68,69,73)(H4,70,71,74)/t36?,39-,40-,41-,42-,43-,44-,45-,46-,47-,48-,49-,50-/m0/s1. The molecule has 6 fully saturated rings. The van der Waals surface area contributed by atoms with Crippen molar-refractivity contribution in [2.45, 2.75) is 201 Å². The van der Waals surface area contributed by atoms with E-state index in [1.807, 2.05) is 0 Å². The highest BCUT2D eigenvalue weighted by Crippen LogP contribution is 2.29. The number of nitrogens with one attached hydrogen (secondary N) is 14. The van der Waals surface area contributed by atoms with Gasteiger partial charge in [0.2, 0.25) is 76.8 Å². The van der Waals surface area contributed by atoms with Crippen LogP contribution in [0.5, 0.6) is 0 Å². The summed E-state index contributed by atoms with van der Waals surface area (Å²) in [6.45, 7) is 1.35. The molecule has 2 bridgehead atoms. The predicted octanol–water partition coefficient (Wildman–Crippen LogP) is -5.57. The molecule has 6 saturated heterocycles. The lowest BCUT2D eigenvalue weighted by Gasteiger charge is -2.38. The third-order valence-corrected chi connectivity index (χ3v) is 20.4. The molecule has 1 aromatic heterocycles. The van der Waals surface area contributed by atoms with Crippen molar-refractivity contribution in [2.75, 3.05) is 57.3 Å². The Balaban J connectivity index is 1.13. The van der Waals surface area contributed by atoms with E-state index in [0.29, 0.717) is 36.9 Å². The molecule has 6 aliphatic rings. The smallest absolute Gasteiger partial charge is 0.326 e. The number of guanidine groups is 2. The highest BCUT2D eigenvalue weighted by molar-refractivity contribution is 7.99. The molecule has 6 aliphatic heterocycles. The Labute approximate surface area is 604 Å². The molecule has 0 spiro atoms. The van der Waals surface area contributed by atoms with Gasteiger partial charge in [-0.3, -0.25) is 73.1 Å². The first-order valence-corrected chi connectivity index (χ1v) is 36.6. The minimum Gasteiger partial charge on any atom is -0.480 e. The monoisotopic (exact) mass is 1470 g/mol. The van der Waals surface area contributed by atoms with Crippen LogP contribution in [0.2, 0.25) is 0 Å². The van der Waals surface area contributed by atoms with E-state index in [-0.39, 0.29) is 153 Å². The summed E-state index contributed by atoms with van der Waals surface area (Å²) in [5.74, 6) is -12.5. The Hall–Kier alpha value is -10.1. The van der Waals surface area contributed by atoms with Crippen molar-refractivity contribution in [3.63, 3.8) is 0 Å². The van der Waals surface area contributed by atoms with Gasteiger partial charge in [0.05, 0.1) is 12.9 Å². The van der Waals surface area contributed by atoms with E-state index in [0.717, 1.165) is 11.8 Å². The number of aromatic nitrogens is 2. The van der Waals surface area contributed by atoms with E-state index in [9.17, 15) is 57.8 Å². The molecule has 8 rings (SSSR count). The minimum absolute atomic E-state index is 0.0343. The van der Waals surface area contributed by atoms with Crippen LogP contribution < -0.4 is 75.7 Å². The molecule has 568 valence electrons. The molecule has 2 aromatic rings. The average molecular weight is 1470 g/mol. The Morgan fingerprint density at radius 2 is 1.38 bits per heavy atom. The summed E-state index contributed by atoms with van der Waals surface area (Å²) in [4.78, 5) is 214. The first kappa shape index (κ1) is 79.6. The maximum absolute atomic E-state index is 16.3. The maximum atomic E-state index is 16.3. The Morgan fingerprint density at radius 1 is 0.702 bits per heavy atom. The van der Waals surface area contributed by atoms with Crippen LogP contribution in [0.25, 0.3) is 0 Å². The van der Waals surface area contributed by atoms with Crippen molar-refractivity contribution >= 4 is 106 Å². The number of thioether (sulfide) groups is 1. The number of fused-ring (bicyclic) bond motifs is 5. The van der Waals surface area contributed by atoms with Crippen molar-refractivity contribution in [1.29, 1.82) is 10.8 Å². The number of aromatic amines is 1. The number of benzene rings is 1. The molecule has 13 amide bonds. The van der Waals surface area contributed by atoms with Gasteiger partial charge in [0.1, 0.15) is 72.5 Å². The third-order valence-electron chi connectivity index (χ3n) is 19.3. The van der Waals surface area contributed by atoms with Gasteiger partial charge >= 0.3 is 5.97 Å². The summed E-state index contributed by atoms with van der Waals surface area (Å²) < 4.78 is 0. The van der Waals surface area contributed by atoms with Crippen molar-refractivity contribution in [2.24, 2.45) is 17.2 Å². The van der Waals surface area contributed by atoms with Crippen LogP contribution >= 0.6 is 11.8 Å². The Morgan fingerprint density at radius 3 is 2.05 bits per heavy atom. The lowest BCUT2D eigenvalue weighted by molar-refractivity contribution is -0.149. The highest BCUT2D eigenvalue weighted by atomic mass is 32.2. The second-order valence-electron chi connectivity index (χ2n) is 26.9. The molecule has 37 nitrogen and oxygen atoms in total. The number of carboxylic acid groups (broad SMARTS) is 1. The third kappa shape index (κ3) is 22.0. The minimum atomic E-state index is -1.58. The molecule has 7 heterocycles. The Bertz CT molecular complexity index is 3460. The van der Waals surface area contributed by atoms with Gasteiger partial charge in [0, 0.05) is 81.4 Å². The van der Waals surface area contributed by atoms with Crippen molar-refractivity contribution in [3.8, 4) is 0 Å². The predicted molar refractivity (Wildman–Crippen MR) is 375 cm³/mol. The van der Waals surface area contributed by atoms with Gasteiger partial charge in [-0.1, -0.05) is 30.3 Å². The van der Waals surface area contributed by atoms with Crippen LogP contribution in [0.15, 0.2) is 42.9 Å². The van der Waals surface area contributed by atoms with E-state index in [1.165, 1.54) is 32.1 Å². The second-order valence-corrected chi connectivity index (χ2v) is 27.9. The summed E-state index contributed by atoms with van der Waals surface area (Å²) in [5.41, 5.74) is 17.8. The largest absolute Gasteiger partial charge is 0.480 e. The number of nitrogens with zero attached hydrogens (tertiary/aromatic N) is 5. The van der Waals surface area contributed by atoms with Crippen molar-refractivity contribution in [1.82, 2.24) is 88.1 Å². The summed E-state index contributed by atoms with van der Waals surface area (Å²) >= 11 is 0.906. The van der Waals surface area contributed by atoms with Gasteiger partial charge in [-0.15, -0.1) is 0 Å². The van der Waals surface area contributed by atoms with Crippen molar-refractivity contribution in [3.05, 3.63) is 54.1 Å². The zero-order chi connectivity index (χ0) is 75.1. The van der Waals surface area contributed by atoms with Gasteiger partial charge in [-0.2, -0.15) is 11.8 Å². The number of amides is 13. The summed E-state index contributed by atoms with van der Waals surface area (Å²) in [5, 5.41) is 55.4. The van der Waals surface area contributed by atoms with Crippen LogP contribution in [0.4, 0.5) is 0 Å². The van der Waals surface area contributed by atoms with Gasteiger partial charge in [0.15, 0.2) is 11.9 Å². The number of hydrogen-bond donors (Lipinski definition) is 18. The number of likely N-dealkylation sites (tertiary alicyclic amines) is 2. The molecule has 13 atom stereocenters. The fourth-order valence-corrected chi connectivity index (χ4v) is 15.0. The molecular formula is C66H98N22O15S. The first-order chi connectivity index (χ1) is 49.8. The number of hydrogen-bond acceptors (Lipinski definition) is 19. The van der Waals surface area contributed by atoms with E-state index < -0.39 is 168 Å². The number of unbranched alkanes of at least 4 members (excludes halogenated alkanes) is 1. The van der Waals surface area contributed by atoms with Crippen LogP contribution in [0, 0.1) is 10.8 Å². The van der Waals surface area contributed by atoms with E-state index in [1.54, 1.807) is 37.3 Å². The van der Waals surface area contributed by atoms with E-state index in [4.69, 9.17) is 28.0 Å². The normalized spacial score (nSPS) is 25.2. The highest BCUT2D eigenvalue weighted by Gasteiger charge is 2.49. The maximum Gasteiger partial charge on any atom is 0.326 e. The molecule has 1 unspecified atom stereocenters. The molecule has 0 aliphatic carbocycles. The SMILES string of the molecule is CC1C[C@H](NC(=O)[C@H](CCCNC(=N)N)NC(=O)[C@@H]2CCCN2C(=O)[C@H](CCCNC(=N)N)NC(=O)[C@@H]2CCC(=O)N2)C(=O)N1[C@H]1CSC[C@@H](C(=O)N[C@@H](Cc2ccccc2)C(=O)O)NC(=O)[C@@H]2CCCN(C1=O)[C@@H](Cc1cnc[nH]1)C(=O)N[C@@H](CCCCN)C(=O)NCC(=O)N1CCC[C@H]1C(=O)N2. The molecule has 0 radical (unpaired) electrons. The quantitative estimate of drug-likeness (QED) is 0.0225. The zero-order valence-electron chi connectivity index (χ0n) is 58.2. The van der Waals surface area contributed by atoms with Crippen LogP contribution in [0.3, 0.4) is 0 Å². The molecule has 104 heavy (non-hydrogen) atoms. The Kier molecular flexibility index (Phi) is 29.4. The molecule has 21 N–H and O–H groups in total. The van der Waals surface area contributed by atoms with Crippen LogP contribution in [0.1, 0.15) is 121 Å². The number of rotatable bonds is 27. The molecule has 0 saturated carbocycles. The molecular weight excluding hydrogens is 1370 g/mol. The summed E-state index contributed by atoms with van der Waals surface area (Å²) in [6, 6.07) is -8.65. The number of imidazole rings is 1. The summed E-state index contributed by atoms with van der Waals surface area (Å²) in [6.07, 6.45) is 4.21. The number of H-pyrrole nitrogens is 1. The zero-order valence-corrected chi connectivity index (χ0v) is 59.0. The van der Waals surface area contributed by atoms with Crippen LogP contribution in [-0.2, 0) is 80.0 Å². The summed E-state index contributed by atoms with van der Waals surface area (Å²) in [7, 11) is 0. The number of aliphatic carboxylic acids is 1. The van der Waals surface area contributed by atoms with Gasteiger partial charge in [-0.25, -0.2) is 9.78 Å². The van der Waals surface area contributed by atoms with Gasteiger partial charge < -0.3 is 105 Å². The van der Waals surface area contributed by atoms with Crippen LogP contribution in [-0.4, -0.2) is 265 Å². The lowest BCUT2D eigenvalue weighted by Crippen LogP contribution is -2.61. The number of carbonyl (C=O) groups is 14. The van der Waals surface area contributed by atoms with Gasteiger partial charge in [0.25, 0.3) is 0 Å². The fourth-order valence-electron chi connectivity index (χ4n) is 13.9. The van der Waals surface area contributed by atoms with E-state index in [2.05, 4.69) is 68.5 Å². The molecule has 38 heteroatoms. The first-order valence-electron chi connectivity index (χ1n) is 35.4. The van der Waals surface area contributed by atoms with Gasteiger partial charge in [-0.05, 0) is 115 Å². The van der Waals surface area contributed by atoms with Crippen molar-refractivity contribution < 1.29 is 72.2 Å². The van der Waals surface area contributed by atoms with E-state index >= 15 is 14.4 Å². The second kappa shape index (κ2) is 38.4. The lowest BCUT2D eigenvalue weighted by atomic mass is 10.0. The average Bonchev–Trinajstić information content (AvgIpc) is 1.62. The molecule has 1 aromatic carbocycles. The number of carboxylic acids is 1.